The lowest BCUT2D eigenvalue weighted by Crippen LogP contribution is -2.25. The first-order chi connectivity index (χ1) is 9.15. The number of hydrogen-bond donors (Lipinski definition) is 3. The lowest BCUT2D eigenvalue weighted by molar-refractivity contribution is -0.117. The van der Waals surface area contributed by atoms with Crippen LogP contribution in [0.2, 0.25) is 0 Å². The average Bonchev–Trinajstić information content (AvgIpc) is 2.90. The molecule has 0 aliphatic carbocycles. The smallest absolute Gasteiger partial charge is 0.244 e. The molecule has 0 aliphatic heterocycles. The number of anilines is 1. The predicted molar refractivity (Wildman–Crippen MR) is 72.8 cm³/mol. The Morgan fingerprint density at radius 3 is 3.05 bits per heavy atom. The van der Waals surface area contributed by atoms with Crippen LogP contribution in [0.1, 0.15) is 24.4 Å². The molecule has 0 bridgehead atoms. The summed E-state index contributed by atoms with van der Waals surface area (Å²) in [5.74, 6) is 0.414. The fraction of sp³-hybridized carbons (Fsp3) is 0.154. The Bertz CT molecular complexity index is 576. The molecule has 0 radical (unpaired) electrons. The SMILES string of the molecule is CC(NC(=O)/C=C/c1cccc(N)c1)c1ncn[nH]1. The highest BCUT2D eigenvalue weighted by atomic mass is 16.1. The summed E-state index contributed by atoms with van der Waals surface area (Å²) < 4.78 is 0. The van der Waals surface area contributed by atoms with E-state index in [2.05, 4.69) is 20.5 Å². The fourth-order valence-electron chi connectivity index (χ4n) is 1.59. The van der Waals surface area contributed by atoms with Gasteiger partial charge in [0.1, 0.15) is 12.2 Å². The molecule has 4 N–H and O–H groups in total. The molecule has 2 aromatic rings. The van der Waals surface area contributed by atoms with Crippen LogP contribution in [0.25, 0.3) is 6.08 Å². The van der Waals surface area contributed by atoms with Crippen LogP contribution in [0.3, 0.4) is 0 Å². The Hall–Kier alpha value is -2.63. The number of nitrogens with zero attached hydrogens (tertiary/aromatic N) is 2. The summed E-state index contributed by atoms with van der Waals surface area (Å²) in [7, 11) is 0. The Balaban J connectivity index is 1.94. The van der Waals surface area contributed by atoms with Crippen LogP contribution in [0.4, 0.5) is 5.69 Å². The van der Waals surface area contributed by atoms with Crippen LogP contribution in [-0.4, -0.2) is 21.1 Å². The van der Waals surface area contributed by atoms with E-state index in [4.69, 9.17) is 5.73 Å². The molecule has 19 heavy (non-hydrogen) atoms. The number of amides is 1. The molecule has 1 aromatic carbocycles. The number of aromatic amines is 1. The number of benzene rings is 1. The van der Waals surface area contributed by atoms with Crippen molar-refractivity contribution in [2.75, 3.05) is 5.73 Å². The number of carbonyl (C=O) groups excluding carboxylic acids is 1. The summed E-state index contributed by atoms with van der Waals surface area (Å²) in [5, 5.41) is 9.22. The molecule has 1 amide bonds. The maximum absolute atomic E-state index is 11.7. The van der Waals surface area contributed by atoms with Gasteiger partial charge >= 0.3 is 0 Å². The molecule has 0 saturated carbocycles. The van der Waals surface area contributed by atoms with Crippen molar-refractivity contribution < 1.29 is 4.79 Å². The molecule has 2 rings (SSSR count). The highest BCUT2D eigenvalue weighted by Crippen LogP contribution is 2.08. The van der Waals surface area contributed by atoms with Crippen molar-refractivity contribution in [1.29, 1.82) is 0 Å². The largest absolute Gasteiger partial charge is 0.399 e. The Labute approximate surface area is 110 Å². The minimum Gasteiger partial charge on any atom is -0.399 e. The number of carbonyl (C=O) groups is 1. The lowest BCUT2D eigenvalue weighted by atomic mass is 10.2. The molecule has 1 atom stereocenters. The quantitative estimate of drug-likeness (QED) is 0.567. The van der Waals surface area contributed by atoms with Gasteiger partial charge < -0.3 is 11.1 Å². The lowest BCUT2D eigenvalue weighted by Gasteiger charge is -2.08. The highest BCUT2D eigenvalue weighted by molar-refractivity contribution is 5.92. The summed E-state index contributed by atoms with van der Waals surface area (Å²) in [6.45, 7) is 1.83. The third-order valence-corrected chi connectivity index (χ3v) is 2.54. The van der Waals surface area contributed by atoms with Crippen molar-refractivity contribution in [1.82, 2.24) is 20.5 Å². The van der Waals surface area contributed by atoms with E-state index in [1.54, 1.807) is 18.2 Å². The Kier molecular flexibility index (Phi) is 3.92. The molecule has 98 valence electrons. The minimum absolute atomic E-state index is 0.202. The van der Waals surface area contributed by atoms with Crippen molar-refractivity contribution in [3.63, 3.8) is 0 Å². The van der Waals surface area contributed by atoms with E-state index in [1.165, 1.54) is 12.4 Å². The zero-order chi connectivity index (χ0) is 13.7. The number of rotatable bonds is 4. The molecule has 1 aromatic heterocycles. The number of nitrogens with two attached hydrogens (primary N) is 1. The van der Waals surface area contributed by atoms with Gasteiger partial charge in [0.05, 0.1) is 6.04 Å². The number of nitrogen functional groups attached to an aromatic ring is 1. The number of hydrogen-bond acceptors (Lipinski definition) is 4. The molecule has 1 heterocycles. The Morgan fingerprint density at radius 2 is 2.37 bits per heavy atom. The standard InChI is InChI=1S/C13H15N5O/c1-9(13-15-8-16-18-13)17-12(19)6-5-10-3-2-4-11(14)7-10/h2-9H,14H2,1H3,(H,17,19)(H,15,16,18)/b6-5+. The van der Waals surface area contributed by atoms with Gasteiger partial charge in [-0.05, 0) is 30.7 Å². The van der Waals surface area contributed by atoms with Crippen molar-refractivity contribution in [3.05, 3.63) is 48.1 Å². The Morgan fingerprint density at radius 1 is 1.53 bits per heavy atom. The first kappa shape index (κ1) is 12.8. The summed E-state index contributed by atoms with van der Waals surface area (Å²) in [5.41, 5.74) is 7.20. The third-order valence-electron chi connectivity index (χ3n) is 2.54. The average molecular weight is 257 g/mol. The van der Waals surface area contributed by atoms with Crippen LogP contribution >= 0.6 is 0 Å². The van der Waals surface area contributed by atoms with Crippen LogP contribution in [0.5, 0.6) is 0 Å². The minimum atomic E-state index is -0.222. The van der Waals surface area contributed by atoms with E-state index in [9.17, 15) is 4.79 Å². The van der Waals surface area contributed by atoms with E-state index < -0.39 is 0 Å². The molecular formula is C13H15N5O. The second-order valence-corrected chi connectivity index (χ2v) is 4.10. The third kappa shape index (κ3) is 3.67. The summed E-state index contributed by atoms with van der Waals surface area (Å²) in [6.07, 6.45) is 4.57. The zero-order valence-electron chi connectivity index (χ0n) is 10.5. The zero-order valence-corrected chi connectivity index (χ0v) is 10.5. The van der Waals surface area contributed by atoms with Crippen molar-refractivity contribution in [3.8, 4) is 0 Å². The fourth-order valence-corrected chi connectivity index (χ4v) is 1.59. The van der Waals surface area contributed by atoms with Gasteiger partial charge in [-0.2, -0.15) is 5.10 Å². The summed E-state index contributed by atoms with van der Waals surface area (Å²) in [6, 6.07) is 7.08. The second kappa shape index (κ2) is 5.81. The van der Waals surface area contributed by atoms with Crippen molar-refractivity contribution in [2.45, 2.75) is 13.0 Å². The molecule has 6 nitrogen and oxygen atoms in total. The maximum atomic E-state index is 11.7. The summed E-state index contributed by atoms with van der Waals surface area (Å²) in [4.78, 5) is 15.7. The van der Waals surface area contributed by atoms with Crippen LogP contribution in [0.15, 0.2) is 36.7 Å². The molecule has 0 spiro atoms. The van der Waals surface area contributed by atoms with Crippen LogP contribution in [-0.2, 0) is 4.79 Å². The van der Waals surface area contributed by atoms with E-state index in [0.29, 0.717) is 11.5 Å². The van der Waals surface area contributed by atoms with Gasteiger partial charge in [0, 0.05) is 11.8 Å². The second-order valence-electron chi connectivity index (χ2n) is 4.10. The number of aromatic nitrogens is 3. The van der Waals surface area contributed by atoms with Gasteiger partial charge in [-0.15, -0.1) is 0 Å². The van der Waals surface area contributed by atoms with E-state index in [-0.39, 0.29) is 11.9 Å². The summed E-state index contributed by atoms with van der Waals surface area (Å²) >= 11 is 0. The topological polar surface area (TPSA) is 96.7 Å². The van der Waals surface area contributed by atoms with Crippen molar-refractivity contribution in [2.24, 2.45) is 0 Å². The maximum Gasteiger partial charge on any atom is 0.244 e. The van der Waals surface area contributed by atoms with E-state index in [1.807, 2.05) is 19.1 Å². The van der Waals surface area contributed by atoms with Gasteiger partial charge in [-0.25, -0.2) is 4.98 Å². The molecule has 0 fully saturated rings. The van der Waals surface area contributed by atoms with E-state index >= 15 is 0 Å². The van der Waals surface area contributed by atoms with Gasteiger partial charge in [0.25, 0.3) is 0 Å². The van der Waals surface area contributed by atoms with Gasteiger partial charge in [-0.1, -0.05) is 12.1 Å². The van der Waals surface area contributed by atoms with Crippen molar-refractivity contribution >= 4 is 17.7 Å². The first-order valence-corrected chi connectivity index (χ1v) is 5.84. The monoisotopic (exact) mass is 257 g/mol. The van der Waals surface area contributed by atoms with E-state index in [0.717, 1.165) is 5.56 Å². The predicted octanol–water partition coefficient (Wildman–Crippen LogP) is 1.28. The molecule has 6 heteroatoms. The highest BCUT2D eigenvalue weighted by Gasteiger charge is 2.09. The molecule has 0 aliphatic rings. The number of H-pyrrole nitrogens is 1. The van der Waals surface area contributed by atoms with Gasteiger partial charge in [-0.3, -0.25) is 9.89 Å². The van der Waals surface area contributed by atoms with Gasteiger partial charge in [0.2, 0.25) is 5.91 Å². The van der Waals surface area contributed by atoms with Gasteiger partial charge in [0.15, 0.2) is 0 Å². The molecule has 1 unspecified atom stereocenters. The normalized spacial score (nSPS) is 12.5. The first-order valence-electron chi connectivity index (χ1n) is 5.84. The molecular weight excluding hydrogens is 242 g/mol. The van der Waals surface area contributed by atoms with Crippen LogP contribution in [0, 0.1) is 0 Å². The van der Waals surface area contributed by atoms with Crippen LogP contribution < -0.4 is 11.1 Å². The molecule has 0 saturated heterocycles. The number of nitrogens with one attached hydrogen (secondary N) is 2.